The van der Waals surface area contributed by atoms with Gasteiger partial charge in [0.25, 0.3) is 5.91 Å². The maximum absolute atomic E-state index is 13.0. The molecule has 1 saturated carbocycles. The lowest BCUT2D eigenvalue weighted by molar-refractivity contribution is -0.0753. The first-order chi connectivity index (χ1) is 10.1. The Morgan fingerprint density at radius 3 is 2.86 bits per heavy atom. The Hall–Kier alpha value is -1.36. The number of ether oxygens (including phenoxy) is 1. The Bertz CT molecular complexity index is 522. The molecule has 116 valence electrons. The molecule has 1 amide bonds. The number of aryl methyl sites for hydroxylation is 1. The molecule has 5 heteroatoms. The normalized spacial score (nSPS) is 26.0. The summed E-state index contributed by atoms with van der Waals surface area (Å²) in [4.78, 5) is 15.0. The van der Waals surface area contributed by atoms with Crippen LogP contribution in [0.2, 0.25) is 0 Å². The van der Waals surface area contributed by atoms with E-state index in [4.69, 9.17) is 9.26 Å². The summed E-state index contributed by atoms with van der Waals surface area (Å²) in [5, 5.41) is 4.00. The fraction of sp³-hybridized carbons (Fsp3) is 0.750. The van der Waals surface area contributed by atoms with Crippen molar-refractivity contribution in [2.24, 2.45) is 0 Å². The van der Waals surface area contributed by atoms with Crippen molar-refractivity contribution in [2.45, 2.75) is 64.5 Å². The van der Waals surface area contributed by atoms with Crippen molar-refractivity contribution in [2.75, 3.05) is 13.2 Å². The van der Waals surface area contributed by atoms with Crippen molar-refractivity contribution in [1.82, 2.24) is 10.1 Å². The van der Waals surface area contributed by atoms with Gasteiger partial charge in [0.2, 0.25) is 0 Å². The molecule has 0 radical (unpaired) electrons. The third-order valence-corrected chi connectivity index (χ3v) is 4.62. The molecule has 2 fully saturated rings. The molecule has 2 unspecified atom stereocenters. The summed E-state index contributed by atoms with van der Waals surface area (Å²) in [5.41, 5.74) is 1.36. The van der Waals surface area contributed by atoms with E-state index in [1.54, 1.807) is 0 Å². The van der Waals surface area contributed by atoms with E-state index in [-0.39, 0.29) is 24.0 Å². The van der Waals surface area contributed by atoms with Crippen LogP contribution in [0.25, 0.3) is 0 Å². The lowest BCUT2D eigenvalue weighted by atomic mass is 9.89. The number of rotatable bonds is 2. The van der Waals surface area contributed by atoms with Crippen LogP contribution in [-0.4, -0.2) is 41.3 Å². The monoisotopic (exact) mass is 292 g/mol. The minimum Gasteiger partial charge on any atom is -0.374 e. The first-order valence-electron chi connectivity index (χ1n) is 7.98. The highest BCUT2D eigenvalue weighted by Gasteiger charge is 2.39. The fourth-order valence-corrected chi connectivity index (χ4v) is 3.53. The second kappa shape index (κ2) is 5.79. The van der Waals surface area contributed by atoms with E-state index >= 15 is 0 Å². The van der Waals surface area contributed by atoms with E-state index in [9.17, 15) is 4.79 Å². The summed E-state index contributed by atoms with van der Waals surface area (Å²) >= 11 is 0. The van der Waals surface area contributed by atoms with Crippen LogP contribution in [0.3, 0.4) is 0 Å². The minimum atomic E-state index is 0.0673. The predicted octanol–water partition coefficient (Wildman–Crippen LogP) is 2.89. The molecule has 2 atom stereocenters. The van der Waals surface area contributed by atoms with Crippen molar-refractivity contribution in [3.05, 3.63) is 17.0 Å². The highest BCUT2D eigenvalue weighted by Crippen LogP contribution is 2.31. The lowest BCUT2D eigenvalue weighted by Gasteiger charge is -2.43. The number of aromatic nitrogens is 1. The van der Waals surface area contributed by atoms with Crippen LogP contribution < -0.4 is 0 Å². The van der Waals surface area contributed by atoms with E-state index < -0.39 is 0 Å². The topological polar surface area (TPSA) is 55.6 Å². The molecule has 2 aliphatic rings. The second-order valence-corrected chi connectivity index (χ2v) is 6.42. The molecule has 1 aliphatic heterocycles. The van der Waals surface area contributed by atoms with Gasteiger partial charge in [-0.15, -0.1) is 0 Å². The molecule has 21 heavy (non-hydrogen) atoms. The Kier molecular flexibility index (Phi) is 4.02. The molecule has 1 saturated heterocycles. The number of carbonyl (C=O) groups is 1. The number of hydrogen-bond donors (Lipinski definition) is 0. The van der Waals surface area contributed by atoms with Gasteiger partial charge in [-0.1, -0.05) is 31.8 Å². The number of carbonyl (C=O) groups excluding carboxylic acids is 1. The van der Waals surface area contributed by atoms with Crippen molar-refractivity contribution in [3.8, 4) is 0 Å². The van der Waals surface area contributed by atoms with Crippen LogP contribution in [-0.2, 0) is 4.74 Å². The quantitative estimate of drug-likeness (QED) is 0.841. The molecule has 3 rings (SSSR count). The van der Waals surface area contributed by atoms with Crippen LogP contribution >= 0.6 is 0 Å². The standard InChI is InChI=1S/C16H24N2O3/c1-10(2)15-14(11(3)17-21-15)16(19)18-8-9-20-13-7-5-4-6-12(13)18/h10,12-13H,4-9H2,1-3H3. The highest BCUT2D eigenvalue weighted by molar-refractivity contribution is 5.96. The number of morpholine rings is 1. The van der Waals surface area contributed by atoms with E-state index in [0.717, 1.165) is 12.8 Å². The summed E-state index contributed by atoms with van der Waals surface area (Å²) in [6.45, 7) is 7.21. The maximum Gasteiger partial charge on any atom is 0.259 e. The molecular weight excluding hydrogens is 268 g/mol. The molecular formula is C16H24N2O3. The SMILES string of the molecule is Cc1noc(C(C)C)c1C(=O)N1CCOC2CCCCC21. The van der Waals surface area contributed by atoms with Crippen molar-refractivity contribution >= 4 is 5.91 Å². The smallest absolute Gasteiger partial charge is 0.259 e. The second-order valence-electron chi connectivity index (χ2n) is 6.42. The average Bonchev–Trinajstić information content (AvgIpc) is 2.88. The van der Waals surface area contributed by atoms with Gasteiger partial charge in [0.15, 0.2) is 5.76 Å². The minimum absolute atomic E-state index is 0.0673. The van der Waals surface area contributed by atoms with Gasteiger partial charge in [0.05, 0.1) is 24.4 Å². The van der Waals surface area contributed by atoms with Crippen LogP contribution in [0.1, 0.15) is 67.3 Å². The molecule has 0 spiro atoms. The highest BCUT2D eigenvalue weighted by atomic mass is 16.5. The van der Waals surface area contributed by atoms with Crippen LogP contribution in [0.5, 0.6) is 0 Å². The molecule has 2 heterocycles. The molecule has 0 aromatic carbocycles. The summed E-state index contributed by atoms with van der Waals surface area (Å²) in [7, 11) is 0. The van der Waals surface area contributed by atoms with Gasteiger partial charge >= 0.3 is 0 Å². The van der Waals surface area contributed by atoms with E-state index in [1.165, 1.54) is 12.8 Å². The summed E-state index contributed by atoms with van der Waals surface area (Å²) < 4.78 is 11.2. The predicted molar refractivity (Wildman–Crippen MR) is 78.4 cm³/mol. The van der Waals surface area contributed by atoms with Crippen molar-refractivity contribution in [3.63, 3.8) is 0 Å². The van der Waals surface area contributed by atoms with Gasteiger partial charge < -0.3 is 14.2 Å². The van der Waals surface area contributed by atoms with Gasteiger partial charge in [0.1, 0.15) is 5.56 Å². The summed E-state index contributed by atoms with van der Waals surface area (Å²) in [5.74, 6) is 0.933. The molecule has 5 nitrogen and oxygen atoms in total. The Morgan fingerprint density at radius 1 is 1.33 bits per heavy atom. The van der Waals surface area contributed by atoms with Crippen molar-refractivity contribution < 1.29 is 14.1 Å². The average molecular weight is 292 g/mol. The molecule has 0 N–H and O–H groups in total. The van der Waals surface area contributed by atoms with E-state index in [0.29, 0.717) is 30.2 Å². The van der Waals surface area contributed by atoms with E-state index in [1.807, 2.05) is 25.7 Å². The van der Waals surface area contributed by atoms with Crippen LogP contribution in [0.4, 0.5) is 0 Å². The third-order valence-electron chi connectivity index (χ3n) is 4.62. The summed E-state index contributed by atoms with van der Waals surface area (Å²) in [6, 6.07) is 0.217. The first kappa shape index (κ1) is 14.6. The molecule has 1 aromatic heterocycles. The molecule has 1 aromatic rings. The van der Waals surface area contributed by atoms with Crippen molar-refractivity contribution in [1.29, 1.82) is 0 Å². The Labute approximate surface area is 125 Å². The van der Waals surface area contributed by atoms with Gasteiger partial charge in [0, 0.05) is 12.5 Å². The van der Waals surface area contributed by atoms with Gasteiger partial charge in [-0.2, -0.15) is 0 Å². The Morgan fingerprint density at radius 2 is 2.10 bits per heavy atom. The Balaban J connectivity index is 1.89. The lowest BCUT2D eigenvalue weighted by Crippen LogP contribution is -2.55. The zero-order valence-corrected chi connectivity index (χ0v) is 13.1. The number of fused-ring (bicyclic) bond motifs is 1. The third kappa shape index (κ3) is 2.59. The first-order valence-corrected chi connectivity index (χ1v) is 7.98. The number of amides is 1. The fourth-order valence-electron chi connectivity index (χ4n) is 3.53. The van der Waals surface area contributed by atoms with E-state index in [2.05, 4.69) is 5.16 Å². The van der Waals surface area contributed by atoms with Crippen LogP contribution in [0.15, 0.2) is 4.52 Å². The zero-order chi connectivity index (χ0) is 15.0. The van der Waals surface area contributed by atoms with Crippen LogP contribution in [0, 0.1) is 6.92 Å². The number of nitrogens with zero attached hydrogens (tertiary/aromatic N) is 2. The summed E-state index contributed by atoms with van der Waals surface area (Å²) in [6.07, 6.45) is 4.69. The van der Waals surface area contributed by atoms with Gasteiger partial charge in [-0.05, 0) is 19.8 Å². The molecule has 0 bridgehead atoms. The molecule has 1 aliphatic carbocycles. The van der Waals surface area contributed by atoms with Gasteiger partial charge in [-0.3, -0.25) is 4.79 Å². The zero-order valence-electron chi connectivity index (χ0n) is 13.1. The number of hydrogen-bond acceptors (Lipinski definition) is 4. The maximum atomic E-state index is 13.0. The largest absolute Gasteiger partial charge is 0.374 e. The van der Waals surface area contributed by atoms with Gasteiger partial charge in [-0.25, -0.2) is 0 Å².